The van der Waals surface area contributed by atoms with Crippen molar-refractivity contribution in [2.75, 3.05) is 33.4 Å². The molecule has 0 aliphatic carbocycles. The van der Waals surface area contributed by atoms with Crippen molar-refractivity contribution in [3.05, 3.63) is 52.8 Å². The molecule has 3 rings (SSSR count). The zero-order valence-corrected chi connectivity index (χ0v) is 21.4. The van der Waals surface area contributed by atoms with Gasteiger partial charge in [-0.05, 0) is 56.4 Å². The fraction of sp³-hybridized carbons (Fsp3) is 0.520. The smallest absolute Gasteiger partial charge is 0.338 e. The minimum absolute atomic E-state index is 0.0521. The monoisotopic (exact) mass is 490 g/mol. The van der Waals surface area contributed by atoms with E-state index in [4.69, 9.17) is 9.47 Å². The summed E-state index contributed by atoms with van der Waals surface area (Å²) >= 11 is 0. The fourth-order valence-electron chi connectivity index (χ4n) is 4.64. The Morgan fingerprint density at radius 1 is 1.09 bits per heavy atom. The summed E-state index contributed by atoms with van der Waals surface area (Å²) in [7, 11) is -2.11. The number of esters is 1. The van der Waals surface area contributed by atoms with Gasteiger partial charge < -0.3 is 14.0 Å². The second-order valence-electron chi connectivity index (χ2n) is 9.22. The topological polar surface area (TPSA) is 94.9 Å². The number of hydrogen-bond acceptors (Lipinski definition) is 6. The summed E-state index contributed by atoms with van der Waals surface area (Å²) in [6, 6.07) is 7.59. The van der Waals surface area contributed by atoms with Crippen molar-refractivity contribution in [2.45, 2.75) is 45.6 Å². The van der Waals surface area contributed by atoms with Gasteiger partial charge in [-0.1, -0.05) is 19.9 Å². The highest BCUT2D eigenvalue weighted by atomic mass is 32.2. The lowest BCUT2D eigenvalue weighted by Crippen LogP contribution is -2.42. The Morgan fingerprint density at radius 2 is 1.76 bits per heavy atom. The SMILES string of the molecule is COCCn1c(C)cc(C(=O)COC(=O)c2cccc(S(=O)(=O)N3CC(C)CC(C)C3)c2)c1C. The number of methoxy groups -OCH3 is 1. The number of carbonyl (C=O) groups is 2. The Balaban J connectivity index is 1.70. The van der Waals surface area contributed by atoms with Crippen LogP contribution in [-0.2, 0) is 26.0 Å². The van der Waals surface area contributed by atoms with E-state index < -0.39 is 22.6 Å². The number of aryl methyl sites for hydroxylation is 1. The molecule has 0 radical (unpaired) electrons. The second-order valence-corrected chi connectivity index (χ2v) is 11.2. The fourth-order valence-corrected chi connectivity index (χ4v) is 6.36. The first kappa shape index (κ1) is 26.1. The van der Waals surface area contributed by atoms with E-state index >= 15 is 0 Å². The molecule has 0 spiro atoms. The Bertz CT molecular complexity index is 1140. The lowest BCUT2D eigenvalue weighted by atomic mass is 9.94. The van der Waals surface area contributed by atoms with Gasteiger partial charge in [0.05, 0.1) is 17.1 Å². The highest BCUT2D eigenvalue weighted by molar-refractivity contribution is 7.89. The molecule has 1 aliphatic rings. The van der Waals surface area contributed by atoms with E-state index in [2.05, 4.69) is 0 Å². The molecule has 2 aromatic rings. The third-order valence-corrected chi connectivity index (χ3v) is 8.10. The van der Waals surface area contributed by atoms with Gasteiger partial charge in [-0.15, -0.1) is 0 Å². The maximum Gasteiger partial charge on any atom is 0.338 e. The minimum Gasteiger partial charge on any atom is -0.454 e. The minimum atomic E-state index is -3.73. The summed E-state index contributed by atoms with van der Waals surface area (Å²) < 4.78 is 40.1. The Kier molecular flexibility index (Phi) is 8.33. The number of ketones is 1. The van der Waals surface area contributed by atoms with E-state index in [9.17, 15) is 18.0 Å². The highest BCUT2D eigenvalue weighted by Gasteiger charge is 2.32. The van der Waals surface area contributed by atoms with E-state index in [1.807, 2.05) is 32.3 Å². The Hall–Kier alpha value is -2.49. The summed E-state index contributed by atoms with van der Waals surface area (Å²) in [6.07, 6.45) is 0.987. The van der Waals surface area contributed by atoms with Crippen molar-refractivity contribution in [1.29, 1.82) is 0 Å². The Labute approximate surface area is 201 Å². The van der Waals surface area contributed by atoms with Crippen LogP contribution in [0, 0.1) is 25.7 Å². The third kappa shape index (κ3) is 5.76. The molecule has 1 aliphatic heterocycles. The van der Waals surface area contributed by atoms with Crippen molar-refractivity contribution < 1.29 is 27.5 Å². The van der Waals surface area contributed by atoms with Crippen molar-refractivity contribution in [3.8, 4) is 0 Å². The highest BCUT2D eigenvalue weighted by Crippen LogP contribution is 2.27. The van der Waals surface area contributed by atoms with E-state index in [0.29, 0.717) is 31.8 Å². The summed E-state index contributed by atoms with van der Waals surface area (Å²) in [6.45, 7) is 9.46. The normalized spacial score (nSPS) is 19.2. The standard InChI is InChI=1S/C25H34N2O6S/c1-17-11-18(2)15-26(14-17)34(30,31)22-8-6-7-21(13-22)25(29)33-16-24(28)23-12-19(3)27(20(23)4)9-10-32-5/h6-8,12-13,17-18H,9-11,14-16H2,1-5H3. The number of nitrogens with zero attached hydrogens (tertiary/aromatic N) is 2. The number of rotatable bonds is 9. The van der Waals surface area contributed by atoms with Crippen LogP contribution >= 0.6 is 0 Å². The number of sulfonamides is 1. The van der Waals surface area contributed by atoms with E-state index in [1.165, 1.54) is 28.6 Å². The number of ether oxygens (including phenoxy) is 2. The maximum atomic E-state index is 13.2. The Morgan fingerprint density at radius 3 is 2.41 bits per heavy atom. The second kappa shape index (κ2) is 10.8. The molecular formula is C25H34N2O6S. The van der Waals surface area contributed by atoms with Crippen LogP contribution in [0.3, 0.4) is 0 Å². The van der Waals surface area contributed by atoms with E-state index in [-0.39, 0.29) is 28.1 Å². The van der Waals surface area contributed by atoms with Gasteiger partial charge in [-0.25, -0.2) is 13.2 Å². The van der Waals surface area contributed by atoms with Crippen LogP contribution in [0.5, 0.6) is 0 Å². The molecular weight excluding hydrogens is 456 g/mol. The van der Waals surface area contributed by atoms with Gasteiger partial charge in [0, 0.05) is 43.7 Å². The average Bonchev–Trinajstić information content (AvgIpc) is 3.08. The summed E-state index contributed by atoms with van der Waals surface area (Å²) in [5.74, 6) is -0.507. The van der Waals surface area contributed by atoms with E-state index in [0.717, 1.165) is 17.8 Å². The summed E-state index contributed by atoms with van der Waals surface area (Å²) in [4.78, 5) is 25.4. The van der Waals surface area contributed by atoms with Gasteiger partial charge in [0.1, 0.15) is 0 Å². The number of piperidine rings is 1. The molecule has 186 valence electrons. The zero-order chi connectivity index (χ0) is 25.0. The molecule has 8 nitrogen and oxygen atoms in total. The van der Waals surface area contributed by atoms with Gasteiger partial charge in [-0.2, -0.15) is 4.31 Å². The molecule has 1 fully saturated rings. The molecule has 1 aromatic heterocycles. The van der Waals surface area contributed by atoms with Crippen molar-refractivity contribution in [3.63, 3.8) is 0 Å². The zero-order valence-electron chi connectivity index (χ0n) is 20.5. The third-order valence-electron chi connectivity index (χ3n) is 6.27. The number of benzene rings is 1. The predicted octanol–water partition coefficient (Wildman–Crippen LogP) is 3.46. The van der Waals surface area contributed by atoms with Crippen LogP contribution in [-0.4, -0.2) is 62.5 Å². The number of aromatic nitrogens is 1. The molecule has 2 heterocycles. The van der Waals surface area contributed by atoms with Crippen LogP contribution in [0.4, 0.5) is 0 Å². The molecule has 2 unspecified atom stereocenters. The maximum absolute atomic E-state index is 13.2. The first-order valence-corrected chi connectivity index (χ1v) is 12.9. The van der Waals surface area contributed by atoms with Crippen molar-refractivity contribution in [1.82, 2.24) is 8.87 Å². The van der Waals surface area contributed by atoms with Crippen LogP contribution in [0.15, 0.2) is 35.2 Å². The van der Waals surface area contributed by atoms with Gasteiger partial charge >= 0.3 is 5.97 Å². The van der Waals surface area contributed by atoms with Crippen molar-refractivity contribution in [2.24, 2.45) is 11.8 Å². The molecule has 1 aromatic carbocycles. The molecule has 2 atom stereocenters. The average molecular weight is 491 g/mol. The largest absolute Gasteiger partial charge is 0.454 e. The van der Waals surface area contributed by atoms with Crippen molar-refractivity contribution >= 4 is 21.8 Å². The number of hydrogen-bond donors (Lipinski definition) is 0. The molecule has 0 amide bonds. The quantitative estimate of drug-likeness (QED) is 0.395. The molecule has 1 saturated heterocycles. The van der Waals surface area contributed by atoms with Crippen LogP contribution < -0.4 is 0 Å². The number of carbonyl (C=O) groups excluding carboxylic acids is 2. The molecule has 0 saturated carbocycles. The van der Waals surface area contributed by atoms with Gasteiger partial charge in [-0.3, -0.25) is 4.79 Å². The van der Waals surface area contributed by atoms with Gasteiger partial charge in [0.15, 0.2) is 6.61 Å². The lowest BCUT2D eigenvalue weighted by molar-refractivity contribution is 0.0474. The van der Waals surface area contributed by atoms with Gasteiger partial charge in [0.2, 0.25) is 15.8 Å². The molecule has 9 heteroatoms. The molecule has 0 N–H and O–H groups in total. The first-order chi connectivity index (χ1) is 16.0. The molecule has 0 bridgehead atoms. The van der Waals surface area contributed by atoms with Gasteiger partial charge in [0.25, 0.3) is 0 Å². The van der Waals surface area contributed by atoms with Crippen LogP contribution in [0.25, 0.3) is 0 Å². The van der Waals surface area contributed by atoms with Crippen LogP contribution in [0.1, 0.15) is 52.4 Å². The first-order valence-electron chi connectivity index (χ1n) is 11.5. The number of Topliss-reactive ketones (excluding diaryl/α,β-unsaturated/α-hetero) is 1. The lowest BCUT2D eigenvalue weighted by Gasteiger charge is -2.34. The molecule has 34 heavy (non-hydrogen) atoms. The predicted molar refractivity (Wildman–Crippen MR) is 129 cm³/mol. The van der Waals surface area contributed by atoms with E-state index in [1.54, 1.807) is 13.2 Å². The van der Waals surface area contributed by atoms with Crippen LogP contribution in [0.2, 0.25) is 0 Å². The summed E-state index contributed by atoms with van der Waals surface area (Å²) in [5.41, 5.74) is 2.29. The summed E-state index contributed by atoms with van der Waals surface area (Å²) in [5, 5.41) is 0.